The highest BCUT2D eigenvalue weighted by molar-refractivity contribution is 6.19. The summed E-state index contributed by atoms with van der Waals surface area (Å²) in [6.45, 7) is 10.8. The van der Waals surface area contributed by atoms with Crippen LogP contribution < -0.4 is 0 Å². The van der Waals surface area contributed by atoms with Gasteiger partial charge in [0.2, 0.25) is 5.91 Å². The Morgan fingerprint density at radius 1 is 1.57 bits per heavy atom. The van der Waals surface area contributed by atoms with E-state index in [1.54, 1.807) is 11.0 Å². The van der Waals surface area contributed by atoms with Crippen molar-refractivity contribution in [1.82, 2.24) is 4.90 Å². The standard InChI is InChI=1S/C11H20ClNO/c1-5-7-13(8-6-2)10(14)11(3,4)9-12/h5H,1,6-9H2,2-4H3. The molecule has 0 unspecified atom stereocenters. The highest BCUT2D eigenvalue weighted by Crippen LogP contribution is 2.20. The summed E-state index contributed by atoms with van der Waals surface area (Å²) in [5.74, 6) is 0.456. The maximum Gasteiger partial charge on any atom is 0.229 e. The zero-order chi connectivity index (χ0) is 11.2. The molecule has 3 heteroatoms. The van der Waals surface area contributed by atoms with Crippen LogP contribution in [0.25, 0.3) is 0 Å². The van der Waals surface area contributed by atoms with Gasteiger partial charge in [-0.05, 0) is 20.3 Å². The van der Waals surface area contributed by atoms with Crippen molar-refractivity contribution in [2.24, 2.45) is 5.41 Å². The molecule has 2 nitrogen and oxygen atoms in total. The molecule has 0 aliphatic heterocycles. The van der Waals surface area contributed by atoms with E-state index in [1.807, 2.05) is 13.8 Å². The molecule has 82 valence electrons. The fourth-order valence-electron chi connectivity index (χ4n) is 1.19. The Morgan fingerprint density at radius 2 is 2.14 bits per heavy atom. The number of rotatable bonds is 6. The third-order valence-corrected chi connectivity index (χ3v) is 2.71. The van der Waals surface area contributed by atoms with Gasteiger partial charge in [0.1, 0.15) is 0 Å². The van der Waals surface area contributed by atoms with E-state index in [9.17, 15) is 4.79 Å². The lowest BCUT2D eigenvalue weighted by molar-refractivity contribution is -0.138. The number of hydrogen-bond donors (Lipinski definition) is 0. The number of halogens is 1. The number of alkyl halides is 1. The predicted octanol–water partition coefficient (Wildman–Crippen LogP) is 2.68. The summed E-state index contributed by atoms with van der Waals surface area (Å²) in [6, 6.07) is 0. The molecular weight excluding hydrogens is 198 g/mol. The molecule has 0 bridgehead atoms. The molecule has 1 amide bonds. The lowest BCUT2D eigenvalue weighted by Gasteiger charge is -2.29. The molecule has 0 aromatic carbocycles. The van der Waals surface area contributed by atoms with Gasteiger partial charge < -0.3 is 4.90 Å². The first-order valence-corrected chi connectivity index (χ1v) is 5.49. The van der Waals surface area contributed by atoms with Crippen molar-refractivity contribution in [3.8, 4) is 0 Å². The molecule has 0 aromatic heterocycles. The molecule has 0 radical (unpaired) electrons. The van der Waals surface area contributed by atoms with Gasteiger partial charge in [0.15, 0.2) is 0 Å². The molecule has 0 saturated heterocycles. The molecule has 0 aromatic rings. The first kappa shape index (κ1) is 13.5. The second kappa shape index (κ2) is 6.07. The van der Waals surface area contributed by atoms with Crippen molar-refractivity contribution < 1.29 is 4.79 Å². The molecule has 14 heavy (non-hydrogen) atoms. The lowest BCUT2D eigenvalue weighted by atomic mass is 9.94. The zero-order valence-corrected chi connectivity index (χ0v) is 10.1. The van der Waals surface area contributed by atoms with Crippen molar-refractivity contribution >= 4 is 17.5 Å². The van der Waals surface area contributed by atoms with Crippen molar-refractivity contribution in [3.05, 3.63) is 12.7 Å². The van der Waals surface area contributed by atoms with E-state index in [0.29, 0.717) is 12.4 Å². The van der Waals surface area contributed by atoms with Crippen LogP contribution in [0, 0.1) is 5.41 Å². The Bertz CT molecular complexity index is 201. The van der Waals surface area contributed by atoms with Gasteiger partial charge in [-0.3, -0.25) is 4.79 Å². The second-order valence-electron chi connectivity index (χ2n) is 4.06. The fourth-order valence-corrected chi connectivity index (χ4v) is 1.30. The molecule has 0 spiro atoms. The van der Waals surface area contributed by atoms with Gasteiger partial charge >= 0.3 is 0 Å². The topological polar surface area (TPSA) is 20.3 Å². The van der Waals surface area contributed by atoms with Gasteiger partial charge in [-0.1, -0.05) is 13.0 Å². The van der Waals surface area contributed by atoms with Gasteiger partial charge in [0.25, 0.3) is 0 Å². The number of hydrogen-bond acceptors (Lipinski definition) is 1. The summed E-state index contributed by atoms with van der Waals surface area (Å²) in [4.78, 5) is 13.8. The van der Waals surface area contributed by atoms with E-state index in [0.717, 1.165) is 13.0 Å². The van der Waals surface area contributed by atoms with Crippen LogP contribution in [-0.4, -0.2) is 29.8 Å². The SMILES string of the molecule is C=CCN(CCC)C(=O)C(C)(C)CCl. The van der Waals surface area contributed by atoms with E-state index in [4.69, 9.17) is 11.6 Å². The van der Waals surface area contributed by atoms with E-state index < -0.39 is 5.41 Å². The number of carbonyl (C=O) groups excluding carboxylic acids is 1. The lowest BCUT2D eigenvalue weighted by Crippen LogP contribution is -2.42. The molecule has 0 saturated carbocycles. The fraction of sp³-hybridized carbons (Fsp3) is 0.727. The van der Waals surface area contributed by atoms with Crippen molar-refractivity contribution in [1.29, 1.82) is 0 Å². The third kappa shape index (κ3) is 3.70. The Morgan fingerprint density at radius 3 is 2.50 bits per heavy atom. The van der Waals surface area contributed by atoms with Crippen LogP contribution in [0.1, 0.15) is 27.2 Å². The molecule has 0 heterocycles. The third-order valence-electron chi connectivity index (χ3n) is 2.04. The Kier molecular flexibility index (Phi) is 5.86. The molecular formula is C11H20ClNO. The van der Waals surface area contributed by atoms with Gasteiger partial charge in [-0.25, -0.2) is 0 Å². The van der Waals surface area contributed by atoms with Crippen LogP contribution in [0.5, 0.6) is 0 Å². The first-order chi connectivity index (χ1) is 6.49. The summed E-state index contributed by atoms with van der Waals surface area (Å²) in [5.41, 5.74) is -0.472. The second-order valence-corrected chi connectivity index (χ2v) is 4.32. The van der Waals surface area contributed by atoms with E-state index >= 15 is 0 Å². The van der Waals surface area contributed by atoms with Gasteiger partial charge in [-0.15, -0.1) is 18.2 Å². The van der Waals surface area contributed by atoms with Crippen LogP contribution in [0.4, 0.5) is 0 Å². The molecule has 0 atom stereocenters. The van der Waals surface area contributed by atoms with Gasteiger partial charge in [-0.2, -0.15) is 0 Å². The minimum atomic E-state index is -0.472. The average molecular weight is 218 g/mol. The van der Waals surface area contributed by atoms with Crippen LogP contribution in [-0.2, 0) is 4.79 Å². The summed E-state index contributed by atoms with van der Waals surface area (Å²) < 4.78 is 0. The van der Waals surface area contributed by atoms with Crippen molar-refractivity contribution in [2.75, 3.05) is 19.0 Å². The average Bonchev–Trinajstić information content (AvgIpc) is 2.16. The molecule has 0 aliphatic carbocycles. The van der Waals surface area contributed by atoms with Crippen LogP contribution in [0.2, 0.25) is 0 Å². The first-order valence-electron chi connectivity index (χ1n) is 4.95. The normalized spacial score (nSPS) is 11.1. The van der Waals surface area contributed by atoms with Crippen molar-refractivity contribution in [3.63, 3.8) is 0 Å². The number of carbonyl (C=O) groups is 1. The number of nitrogens with zero attached hydrogens (tertiary/aromatic N) is 1. The molecule has 0 aliphatic rings. The minimum Gasteiger partial charge on any atom is -0.339 e. The summed E-state index contributed by atoms with van der Waals surface area (Å²) in [6.07, 6.45) is 2.70. The summed E-state index contributed by atoms with van der Waals surface area (Å²) >= 11 is 5.76. The van der Waals surface area contributed by atoms with Crippen LogP contribution in [0.15, 0.2) is 12.7 Å². The highest BCUT2D eigenvalue weighted by atomic mass is 35.5. The Labute approximate surface area is 91.9 Å². The van der Waals surface area contributed by atoms with Crippen molar-refractivity contribution in [2.45, 2.75) is 27.2 Å². The minimum absolute atomic E-state index is 0.106. The molecule has 0 N–H and O–H groups in total. The van der Waals surface area contributed by atoms with E-state index in [-0.39, 0.29) is 5.91 Å². The highest BCUT2D eigenvalue weighted by Gasteiger charge is 2.30. The van der Waals surface area contributed by atoms with Gasteiger partial charge in [0.05, 0.1) is 5.41 Å². The zero-order valence-electron chi connectivity index (χ0n) is 9.35. The summed E-state index contributed by atoms with van der Waals surface area (Å²) in [5, 5.41) is 0. The maximum atomic E-state index is 12.0. The Balaban J connectivity index is 4.49. The van der Waals surface area contributed by atoms with Crippen LogP contribution in [0.3, 0.4) is 0 Å². The van der Waals surface area contributed by atoms with E-state index in [2.05, 4.69) is 13.5 Å². The van der Waals surface area contributed by atoms with Crippen LogP contribution >= 0.6 is 11.6 Å². The smallest absolute Gasteiger partial charge is 0.229 e. The Hall–Kier alpha value is -0.500. The molecule has 0 fully saturated rings. The van der Waals surface area contributed by atoms with E-state index in [1.165, 1.54) is 0 Å². The van der Waals surface area contributed by atoms with Gasteiger partial charge in [0, 0.05) is 19.0 Å². The maximum absolute atomic E-state index is 12.0. The number of amides is 1. The largest absolute Gasteiger partial charge is 0.339 e. The summed E-state index contributed by atoms with van der Waals surface area (Å²) in [7, 11) is 0. The monoisotopic (exact) mass is 217 g/mol. The molecule has 0 rings (SSSR count). The predicted molar refractivity (Wildman–Crippen MR) is 61.6 cm³/mol. The quantitative estimate of drug-likeness (QED) is 0.495.